The van der Waals surface area contributed by atoms with E-state index in [4.69, 9.17) is 4.74 Å². The van der Waals surface area contributed by atoms with Crippen molar-refractivity contribution in [2.75, 3.05) is 0 Å². The fraction of sp³-hybridized carbons (Fsp3) is 0.294. The lowest BCUT2D eigenvalue weighted by Gasteiger charge is -2.01. The van der Waals surface area contributed by atoms with Crippen LogP contribution in [0.2, 0.25) is 0 Å². The molecule has 0 spiro atoms. The molecule has 0 saturated heterocycles. The summed E-state index contributed by atoms with van der Waals surface area (Å²) < 4.78 is 7.17. The Morgan fingerprint density at radius 3 is 3.12 bits per heavy atom. The number of carbonyl (C=O) groups excluding carboxylic acids is 1. The van der Waals surface area contributed by atoms with E-state index in [9.17, 15) is 4.79 Å². The Hall–Kier alpha value is -2.54. The molecule has 1 aliphatic carbocycles. The minimum atomic E-state index is -0.156. The molecule has 7 heteroatoms. The first-order valence-corrected chi connectivity index (χ1v) is 8.59. The van der Waals surface area contributed by atoms with Crippen LogP contribution in [-0.2, 0) is 23.2 Å². The van der Waals surface area contributed by atoms with E-state index in [1.165, 1.54) is 11.3 Å². The van der Waals surface area contributed by atoms with Gasteiger partial charge in [0.2, 0.25) is 0 Å². The van der Waals surface area contributed by atoms with Crippen molar-refractivity contribution >= 4 is 17.3 Å². The van der Waals surface area contributed by atoms with Crippen molar-refractivity contribution in [1.29, 1.82) is 0 Å². The summed E-state index contributed by atoms with van der Waals surface area (Å²) in [6, 6.07) is 5.71. The molecular formula is C17H16N4O2S. The van der Waals surface area contributed by atoms with Gasteiger partial charge in [-0.25, -0.2) is 4.98 Å². The van der Waals surface area contributed by atoms with E-state index in [2.05, 4.69) is 15.1 Å². The quantitative estimate of drug-likeness (QED) is 0.668. The molecule has 1 fully saturated rings. The van der Waals surface area contributed by atoms with E-state index in [0.29, 0.717) is 0 Å². The largest absolute Gasteiger partial charge is 0.459 e. The Kier molecular flexibility index (Phi) is 3.86. The van der Waals surface area contributed by atoms with Crippen LogP contribution in [0.3, 0.4) is 0 Å². The lowest BCUT2D eigenvalue weighted by atomic mass is 10.2. The average molecular weight is 340 g/mol. The second-order valence-electron chi connectivity index (χ2n) is 5.86. The number of rotatable bonds is 5. The van der Waals surface area contributed by atoms with E-state index in [0.717, 1.165) is 28.4 Å². The zero-order chi connectivity index (χ0) is 16.5. The first-order valence-electron chi connectivity index (χ1n) is 7.71. The van der Waals surface area contributed by atoms with Crippen molar-refractivity contribution < 1.29 is 9.53 Å². The topological polar surface area (TPSA) is 69.9 Å². The van der Waals surface area contributed by atoms with Crippen molar-refractivity contribution in [3.05, 3.63) is 53.4 Å². The average Bonchev–Trinajstić information content (AvgIpc) is 3.05. The Labute approximate surface area is 143 Å². The molecule has 3 aromatic rings. The summed E-state index contributed by atoms with van der Waals surface area (Å²) in [5.41, 5.74) is 2.69. The maximum Gasteiger partial charge on any atom is 0.309 e. The fourth-order valence-electron chi connectivity index (χ4n) is 2.69. The van der Waals surface area contributed by atoms with Gasteiger partial charge < -0.3 is 4.74 Å². The van der Waals surface area contributed by atoms with Crippen LogP contribution in [0.4, 0.5) is 0 Å². The van der Waals surface area contributed by atoms with E-state index in [1.54, 1.807) is 10.9 Å². The van der Waals surface area contributed by atoms with Crippen LogP contribution in [-0.4, -0.2) is 25.7 Å². The lowest BCUT2D eigenvalue weighted by molar-refractivity contribution is -0.146. The molecule has 24 heavy (non-hydrogen) atoms. The standard InChI is InChI=1S/C17H16N4O2S/c1-21-8-11(7-19-21)13-6-14(13)17(22)23-9-12-10-24-16(20-12)15-4-2-3-5-18-15/h2-5,7-8,10,13-14H,6,9H2,1H3/t13-,14-/m0/s1. The van der Waals surface area contributed by atoms with Gasteiger partial charge in [0.1, 0.15) is 11.6 Å². The first kappa shape index (κ1) is 15.0. The zero-order valence-electron chi connectivity index (χ0n) is 13.1. The van der Waals surface area contributed by atoms with Crippen LogP contribution in [0.5, 0.6) is 0 Å². The normalized spacial score (nSPS) is 19.2. The molecule has 2 atom stereocenters. The molecule has 3 aromatic heterocycles. The highest BCUT2D eigenvalue weighted by molar-refractivity contribution is 7.13. The third-order valence-corrected chi connectivity index (χ3v) is 4.96. The Morgan fingerprint density at radius 1 is 1.46 bits per heavy atom. The van der Waals surface area contributed by atoms with Crippen molar-refractivity contribution in [3.8, 4) is 10.7 Å². The second-order valence-corrected chi connectivity index (χ2v) is 6.72. The molecule has 1 saturated carbocycles. The maximum atomic E-state index is 12.2. The number of carbonyl (C=O) groups is 1. The zero-order valence-corrected chi connectivity index (χ0v) is 13.9. The molecule has 3 heterocycles. The number of aromatic nitrogens is 4. The van der Waals surface area contributed by atoms with Gasteiger partial charge in [0, 0.05) is 30.7 Å². The summed E-state index contributed by atoms with van der Waals surface area (Å²) in [5, 5.41) is 6.89. The van der Waals surface area contributed by atoms with Gasteiger partial charge >= 0.3 is 5.97 Å². The Bertz CT molecular complexity index is 858. The predicted octanol–water partition coefficient (Wildman–Crippen LogP) is 2.79. The molecule has 0 unspecified atom stereocenters. The molecule has 0 aliphatic heterocycles. The highest BCUT2D eigenvalue weighted by Crippen LogP contribution is 2.48. The van der Waals surface area contributed by atoms with Gasteiger partial charge in [-0.05, 0) is 24.1 Å². The summed E-state index contributed by atoms with van der Waals surface area (Å²) in [7, 11) is 1.88. The maximum absolute atomic E-state index is 12.2. The number of hydrogen-bond donors (Lipinski definition) is 0. The second kappa shape index (κ2) is 6.16. The molecule has 6 nitrogen and oxygen atoms in total. The van der Waals surface area contributed by atoms with Crippen LogP contribution < -0.4 is 0 Å². The highest BCUT2D eigenvalue weighted by atomic mass is 32.1. The van der Waals surface area contributed by atoms with Crippen LogP contribution in [0.15, 0.2) is 42.2 Å². The van der Waals surface area contributed by atoms with Gasteiger partial charge in [0.15, 0.2) is 0 Å². The first-order chi connectivity index (χ1) is 11.7. The van der Waals surface area contributed by atoms with E-state index >= 15 is 0 Å². The smallest absolute Gasteiger partial charge is 0.309 e. The van der Waals surface area contributed by atoms with E-state index in [-0.39, 0.29) is 24.4 Å². The minimum Gasteiger partial charge on any atom is -0.459 e. The number of esters is 1. The summed E-state index contributed by atoms with van der Waals surface area (Å²) >= 11 is 1.50. The molecule has 0 radical (unpaired) electrons. The number of thiazole rings is 1. The van der Waals surface area contributed by atoms with Crippen molar-refractivity contribution in [2.45, 2.75) is 18.9 Å². The summed E-state index contributed by atoms with van der Waals surface area (Å²) in [6.07, 6.45) is 6.35. The molecule has 4 rings (SSSR count). The highest BCUT2D eigenvalue weighted by Gasteiger charge is 2.45. The molecule has 0 bridgehead atoms. The van der Waals surface area contributed by atoms with Crippen LogP contribution >= 0.6 is 11.3 Å². The predicted molar refractivity (Wildman–Crippen MR) is 89.2 cm³/mol. The summed E-state index contributed by atoms with van der Waals surface area (Å²) in [5.74, 6) is 0.0325. The number of nitrogens with zero attached hydrogens (tertiary/aromatic N) is 4. The third kappa shape index (κ3) is 3.07. The van der Waals surface area contributed by atoms with E-state index in [1.807, 2.05) is 43.0 Å². The van der Waals surface area contributed by atoms with Gasteiger partial charge in [-0.1, -0.05) is 6.07 Å². The van der Waals surface area contributed by atoms with Gasteiger partial charge in [0.25, 0.3) is 0 Å². The van der Waals surface area contributed by atoms with Gasteiger partial charge in [-0.2, -0.15) is 5.10 Å². The molecular weight excluding hydrogens is 324 g/mol. The lowest BCUT2D eigenvalue weighted by Crippen LogP contribution is -2.08. The number of hydrogen-bond acceptors (Lipinski definition) is 6. The van der Waals surface area contributed by atoms with E-state index < -0.39 is 0 Å². The van der Waals surface area contributed by atoms with Gasteiger partial charge in [-0.15, -0.1) is 11.3 Å². The molecule has 0 amide bonds. The Balaban J connectivity index is 1.33. The molecule has 1 aliphatic rings. The molecule has 0 aromatic carbocycles. The summed E-state index contributed by atoms with van der Waals surface area (Å²) in [6.45, 7) is 0.207. The van der Waals surface area contributed by atoms with Crippen LogP contribution in [0.25, 0.3) is 10.7 Å². The molecule has 0 N–H and O–H groups in total. The Morgan fingerprint density at radius 2 is 2.38 bits per heavy atom. The SMILES string of the molecule is Cn1cc([C@@H]2C[C@@H]2C(=O)OCc2csc(-c3ccccn3)n2)cn1. The van der Waals surface area contributed by atoms with Crippen molar-refractivity contribution in [3.63, 3.8) is 0 Å². The van der Waals surface area contributed by atoms with Crippen LogP contribution in [0, 0.1) is 5.92 Å². The molecule has 122 valence electrons. The number of pyridine rings is 1. The summed E-state index contributed by atoms with van der Waals surface area (Å²) in [4.78, 5) is 20.9. The van der Waals surface area contributed by atoms with Crippen molar-refractivity contribution in [1.82, 2.24) is 19.7 Å². The number of aryl methyl sites for hydroxylation is 1. The van der Waals surface area contributed by atoms with Crippen molar-refractivity contribution in [2.24, 2.45) is 13.0 Å². The van der Waals surface area contributed by atoms with Crippen LogP contribution in [0.1, 0.15) is 23.6 Å². The van der Waals surface area contributed by atoms with Gasteiger partial charge in [-0.3, -0.25) is 14.5 Å². The monoisotopic (exact) mass is 340 g/mol. The minimum absolute atomic E-state index is 0.0527. The third-order valence-electron chi connectivity index (χ3n) is 4.04. The fourth-order valence-corrected chi connectivity index (χ4v) is 3.47. The number of ether oxygens (including phenoxy) is 1. The van der Waals surface area contributed by atoms with Gasteiger partial charge in [0.05, 0.1) is 23.5 Å².